The van der Waals surface area contributed by atoms with Gasteiger partial charge in [-0.3, -0.25) is 0 Å². The van der Waals surface area contributed by atoms with E-state index in [4.69, 9.17) is 4.74 Å². The number of alkyl halides is 6. The first-order valence-electron chi connectivity index (χ1n) is 14.0. The monoisotopic (exact) mass is 651 g/mol. The number of ether oxygens (including phenoxy) is 1. The summed E-state index contributed by atoms with van der Waals surface area (Å²) in [5.41, 5.74) is -3.05. The summed E-state index contributed by atoms with van der Waals surface area (Å²) in [4.78, 5) is 20.8. The largest absolute Gasteiger partial charge is 0.492 e. The summed E-state index contributed by atoms with van der Waals surface area (Å²) in [5.74, 6) is -0.420. The van der Waals surface area contributed by atoms with E-state index >= 15 is 0 Å². The van der Waals surface area contributed by atoms with Crippen molar-refractivity contribution in [1.82, 2.24) is 9.88 Å². The van der Waals surface area contributed by atoms with Gasteiger partial charge in [-0.25, -0.2) is 4.79 Å². The third kappa shape index (κ3) is 6.09. The molecule has 0 aliphatic carbocycles. The molecule has 3 aliphatic heterocycles. The lowest BCUT2D eigenvalue weighted by molar-refractivity contribution is -0.143. The summed E-state index contributed by atoms with van der Waals surface area (Å²) in [6.45, 7) is 6.14. The number of aromatic hydroxyl groups is 1. The molecule has 8 nitrogen and oxygen atoms in total. The SMILES string of the molecule is CC(C)(C)OC(=O)N1CC2CC1CN2c1nc(O)c(C(Cc2ccc(C(F)(F)F)cc2C(F)(F)F)=c2ccc3c(c2)C=NN=3)s1. The Kier molecular flexibility index (Phi) is 7.37. The van der Waals surface area contributed by atoms with Gasteiger partial charge in [-0.05, 0) is 67.8 Å². The summed E-state index contributed by atoms with van der Waals surface area (Å²) in [6, 6.07) is 6.16. The lowest BCUT2D eigenvalue weighted by Crippen LogP contribution is -2.50. The van der Waals surface area contributed by atoms with Gasteiger partial charge in [0.05, 0.1) is 39.7 Å². The molecule has 2 fully saturated rings. The Balaban J connectivity index is 1.38. The van der Waals surface area contributed by atoms with Gasteiger partial charge in [-0.15, -0.1) is 0 Å². The molecule has 3 aliphatic rings. The lowest BCUT2D eigenvalue weighted by atomic mass is 9.94. The van der Waals surface area contributed by atoms with Crippen molar-refractivity contribution in [2.45, 2.75) is 63.7 Å². The highest BCUT2D eigenvalue weighted by atomic mass is 32.1. The average molecular weight is 652 g/mol. The van der Waals surface area contributed by atoms with Crippen LogP contribution in [0.1, 0.15) is 54.3 Å². The summed E-state index contributed by atoms with van der Waals surface area (Å²) in [5, 5.41) is 20.3. The van der Waals surface area contributed by atoms with Crippen molar-refractivity contribution in [1.29, 1.82) is 0 Å². The minimum atomic E-state index is -5.07. The zero-order valence-corrected chi connectivity index (χ0v) is 25.0. The molecule has 238 valence electrons. The minimum absolute atomic E-state index is 0.108. The average Bonchev–Trinajstić information content (AvgIpc) is 3.73. The first kappa shape index (κ1) is 30.9. The predicted molar refractivity (Wildman–Crippen MR) is 154 cm³/mol. The molecular weight excluding hydrogens is 624 g/mol. The zero-order valence-electron chi connectivity index (χ0n) is 24.2. The van der Waals surface area contributed by atoms with E-state index in [-0.39, 0.29) is 28.6 Å². The number of amides is 1. The lowest BCUT2D eigenvalue weighted by Gasteiger charge is -2.35. The third-order valence-corrected chi connectivity index (χ3v) is 8.98. The van der Waals surface area contributed by atoms with Crippen LogP contribution in [0.25, 0.3) is 5.57 Å². The fourth-order valence-electron chi connectivity index (χ4n) is 5.83. The minimum Gasteiger partial charge on any atom is -0.492 e. The van der Waals surface area contributed by atoms with Crippen LogP contribution in [-0.2, 0) is 23.5 Å². The van der Waals surface area contributed by atoms with Crippen molar-refractivity contribution in [2.75, 3.05) is 18.0 Å². The standard InChI is InChI=1S/C30H27F6N5O3S/c1-28(2,3)44-27(43)41-14-19-11-20(41)13-40(19)26-38-25(42)24(45-26)21(15-5-7-23-17(8-15)12-37-39-23)9-16-4-6-18(29(31,32)33)10-22(16)30(34,35)36/h4-8,10,12,19-20,42H,9,11,13-14H2,1-3H3. The summed E-state index contributed by atoms with van der Waals surface area (Å²) in [6.07, 6.45) is -8.77. The van der Waals surface area contributed by atoms with Crippen LogP contribution in [-0.4, -0.2) is 58.1 Å². The maximum atomic E-state index is 14.1. The number of aromatic nitrogens is 1. The van der Waals surface area contributed by atoms with Crippen LogP contribution in [0.3, 0.4) is 0 Å². The number of piperazine rings is 1. The quantitative estimate of drug-likeness (QED) is 0.377. The van der Waals surface area contributed by atoms with Crippen molar-refractivity contribution in [2.24, 2.45) is 10.2 Å². The molecule has 0 spiro atoms. The van der Waals surface area contributed by atoms with Crippen molar-refractivity contribution >= 4 is 34.3 Å². The number of thiazole rings is 1. The molecule has 2 atom stereocenters. The van der Waals surface area contributed by atoms with E-state index in [1.165, 1.54) is 6.21 Å². The van der Waals surface area contributed by atoms with Crippen LogP contribution >= 0.6 is 11.3 Å². The third-order valence-electron chi connectivity index (χ3n) is 7.83. The van der Waals surface area contributed by atoms with Gasteiger partial charge in [-0.2, -0.15) is 41.5 Å². The van der Waals surface area contributed by atoms with Crippen LogP contribution in [0.4, 0.5) is 36.3 Å². The molecule has 0 saturated carbocycles. The highest BCUT2D eigenvalue weighted by Crippen LogP contribution is 2.43. The Hall–Kier alpha value is -4.14. The van der Waals surface area contributed by atoms with Crippen molar-refractivity contribution in [3.8, 4) is 5.88 Å². The van der Waals surface area contributed by atoms with Crippen LogP contribution in [0.15, 0.2) is 46.6 Å². The highest BCUT2D eigenvalue weighted by molar-refractivity contribution is 7.17. The van der Waals surface area contributed by atoms with Crippen molar-refractivity contribution in [3.63, 3.8) is 0 Å². The maximum absolute atomic E-state index is 14.1. The summed E-state index contributed by atoms with van der Waals surface area (Å²) >= 11 is 1.07. The number of anilines is 1. The number of carbonyl (C=O) groups excluding carboxylic acids is 1. The van der Waals surface area contributed by atoms with Gasteiger partial charge in [0.2, 0.25) is 5.88 Å². The molecule has 6 rings (SSSR count). The topological polar surface area (TPSA) is 90.6 Å². The first-order chi connectivity index (χ1) is 21.0. The van der Waals surface area contributed by atoms with Gasteiger partial charge < -0.3 is 19.6 Å². The number of hydrogen-bond acceptors (Lipinski definition) is 8. The van der Waals surface area contributed by atoms with Crippen LogP contribution in [0, 0.1) is 0 Å². The first-order valence-corrected chi connectivity index (χ1v) is 14.8. The Bertz CT molecular complexity index is 1830. The highest BCUT2D eigenvalue weighted by Gasteiger charge is 2.48. The number of halogens is 6. The Morgan fingerprint density at radius 1 is 1.02 bits per heavy atom. The van der Waals surface area contributed by atoms with Gasteiger partial charge in [0.1, 0.15) is 5.60 Å². The van der Waals surface area contributed by atoms with E-state index in [1.54, 1.807) is 43.9 Å². The maximum Gasteiger partial charge on any atom is 0.416 e. The van der Waals surface area contributed by atoms with E-state index in [1.807, 2.05) is 4.90 Å². The molecule has 45 heavy (non-hydrogen) atoms. The second-order valence-corrected chi connectivity index (χ2v) is 13.1. The number of carbonyl (C=O) groups is 1. The number of likely N-dealkylation sites (tertiary alicyclic amines) is 1. The molecule has 1 aromatic heterocycles. The van der Waals surface area contributed by atoms with E-state index in [0.717, 1.165) is 17.4 Å². The molecule has 1 amide bonds. The van der Waals surface area contributed by atoms with Gasteiger partial charge >= 0.3 is 18.4 Å². The van der Waals surface area contributed by atoms with Crippen molar-refractivity contribution in [3.05, 3.63) is 74.1 Å². The fraction of sp³-hybridized carbons (Fsp3) is 0.400. The van der Waals surface area contributed by atoms with Crippen LogP contribution in [0.5, 0.6) is 5.88 Å². The smallest absolute Gasteiger partial charge is 0.416 e. The van der Waals surface area contributed by atoms with Gasteiger partial charge in [0.15, 0.2) is 5.13 Å². The van der Waals surface area contributed by atoms with Gasteiger partial charge in [0.25, 0.3) is 0 Å². The molecule has 15 heteroatoms. The fourth-order valence-corrected chi connectivity index (χ4v) is 6.94. The Labute approximate surface area is 257 Å². The molecule has 4 heterocycles. The van der Waals surface area contributed by atoms with Gasteiger partial charge in [-0.1, -0.05) is 23.5 Å². The molecule has 2 unspecified atom stereocenters. The van der Waals surface area contributed by atoms with E-state index in [0.29, 0.717) is 46.8 Å². The molecule has 1 N–H and O–H groups in total. The molecular formula is C30H27F6N5O3S. The Morgan fingerprint density at radius 2 is 1.78 bits per heavy atom. The predicted octanol–water partition coefficient (Wildman–Crippen LogP) is 5.49. The van der Waals surface area contributed by atoms with E-state index < -0.39 is 53.0 Å². The van der Waals surface area contributed by atoms with E-state index in [9.17, 15) is 36.2 Å². The molecule has 3 aromatic rings. The van der Waals surface area contributed by atoms with Gasteiger partial charge in [0, 0.05) is 25.1 Å². The van der Waals surface area contributed by atoms with Crippen molar-refractivity contribution < 1.29 is 41.0 Å². The Morgan fingerprint density at radius 3 is 2.42 bits per heavy atom. The summed E-state index contributed by atoms with van der Waals surface area (Å²) < 4.78 is 87.9. The number of fused-ring (bicyclic) bond motifs is 3. The molecule has 2 saturated heterocycles. The summed E-state index contributed by atoms with van der Waals surface area (Å²) in [7, 11) is 0. The van der Waals surface area contributed by atoms with E-state index in [2.05, 4.69) is 15.2 Å². The number of nitrogens with zero attached hydrogens (tertiary/aromatic N) is 5. The number of rotatable bonds is 4. The van der Waals surface area contributed by atoms with Crippen LogP contribution in [0.2, 0.25) is 0 Å². The normalized spacial score (nSPS) is 20.0. The zero-order chi connectivity index (χ0) is 32.5. The second kappa shape index (κ2) is 10.7. The van der Waals surface area contributed by atoms with Crippen LogP contribution < -0.4 is 15.5 Å². The second-order valence-electron chi connectivity index (χ2n) is 12.1. The molecule has 0 radical (unpaired) electrons. The number of hydrogen-bond donors (Lipinski definition) is 1. The number of benzene rings is 2. The molecule has 2 bridgehead atoms. The molecule has 2 aromatic carbocycles.